The van der Waals surface area contributed by atoms with Crippen LogP contribution in [0.2, 0.25) is 0 Å². The third kappa shape index (κ3) is 3.31. The van der Waals surface area contributed by atoms with Crippen LogP contribution in [0.3, 0.4) is 0 Å². The number of hydrogen-bond acceptors (Lipinski definition) is 1. The van der Waals surface area contributed by atoms with Crippen LogP contribution < -0.4 is 5.30 Å². The highest BCUT2D eigenvalue weighted by Crippen LogP contribution is 2.72. The Morgan fingerprint density at radius 3 is 2.37 bits per heavy atom. The zero-order valence-corrected chi connectivity index (χ0v) is 21.5. The highest BCUT2D eigenvalue weighted by molar-refractivity contribution is 7.70. The summed E-state index contributed by atoms with van der Waals surface area (Å²) in [7, 11) is -0.968. The fourth-order valence-corrected chi connectivity index (χ4v) is 10.6. The second kappa shape index (κ2) is 8.63. The van der Waals surface area contributed by atoms with Gasteiger partial charge < -0.3 is 4.57 Å². The summed E-state index contributed by atoms with van der Waals surface area (Å²) in [4.78, 5) is 0. The van der Waals surface area contributed by atoms with Crippen molar-refractivity contribution in [1.82, 2.24) is 4.67 Å². The molecular weight excluding hydrogens is 445 g/mol. The molecule has 0 radical (unpaired) electrons. The van der Waals surface area contributed by atoms with Crippen molar-refractivity contribution in [1.29, 1.82) is 0 Å². The van der Waals surface area contributed by atoms with Gasteiger partial charge in [-0.1, -0.05) is 123 Å². The molecule has 1 aliphatic heterocycles. The molecule has 0 fully saturated rings. The molecule has 0 N–H and O–H groups in total. The van der Waals surface area contributed by atoms with Gasteiger partial charge in [0.1, 0.15) is 0 Å². The molecule has 3 heteroatoms. The number of rotatable bonds is 4. The normalized spacial score (nSPS) is 26.4. The second-order valence-electron chi connectivity index (χ2n) is 10.1. The van der Waals surface area contributed by atoms with Crippen LogP contribution in [0, 0.1) is 11.8 Å². The lowest BCUT2D eigenvalue weighted by molar-refractivity contribution is 0.370. The molecule has 0 amide bonds. The fraction of sp³-hybridized carbons (Fsp3) is 0.250. The Morgan fingerprint density at radius 2 is 1.57 bits per heavy atom. The summed E-state index contributed by atoms with van der Waals surface area (Å²) in [5, 5.41) is 3.36. The van der Waals surface area contributed by atoms with Gasteiger partial charge in [0.25, 0.3) is 0 Å². The van der Waals surface area contributed by atoms with E-state index >= 15 is 4.57 Å². The van der Waals surface area contributed by atoms with Crippen LogP contribution >= 0.6 is 7.29 Å². The quantitative estimate of drug-likeness (QED) is 0.276. The van der Waals surface area contributed by atoms with E-state index in [1.54, 1.807) is 0 Å². The van der Waals surface area contributed by atoms with Crippen LogP contribution in [0.25, 0.3) is 16.8 Å². The van der Waals surface area contributed by atoms with Gasteiger partial charge in [0, 0.05) is 5.30 Å². The van der Waals surface area contributed by atoms with Crippen molar-refractivity contribution in [2.45, 2.75) is 32.0 Å². The van der Waals surface area contributed by atoms with E-state index in [1.165, 1.54) is 22.3 Å². The summed E-state index contributed by atoms with van der Waals surface area (Å²) in [6.07, 6.45) is 5.65. The lowest BCUT2D eigenvalue weighted by Crippen LogP contribution is -2.29. The second-order valence-corrected chi connectivity index (χ2v) is 13.0. The Bertz CT molecular complexity index is 1470. The number of nitrogens with zero attached hydrogens (tertiary/aromatic N) is 1. The minimum Gasteiger partial charge on any atom is -0.301 e. The maximum atomic E-state index is 16.0. The van der Waals surface area contributed by atoms with E-state index in [9.17, 15) is 0 Å². The van der Waals surface area contributed by atoms with Crippen molar-refractivity contribution < 1.29 is 4.57 Å². The van der Waals surface area contributed by atoms with Gasteiger partial charge in [-0.3, -0.25) is 0 Å². The van der Waals surface area contributed by atoms with E-state index in [-0.39, 0.29) is 17.6 Å². The third-order valence-corrected chi connectivity index (χ3v) is 12.0. The predicted octanol–water partition coefficient (Wildman–Crippen LogP) is 8.21. The minimum atomic E-state index is -3.07. The lowest BCUT2D eigenvalue weighted by atomic mass is 9.81. The van der Waals surface area contributed by atoms with Crippen LogP contribution in [-0.2, 0) is 4.57 Å². The summed E-state index contributed by atoms with van der Waals surface area (Å²) >= 11 is 0. The van der Waals surface area contributed by atoms with Crippen molar-refractivity contribution >= 4 is 29.4 Å². The van der Waals surface area contributed by atoms with Gasteiger partial charge in [-0.15, -0.1) is 0 Å². The number of allylic oxidation sites excluding steroid dienone is 1. The number of benzene rings is 4. The molecule has 176 valence electrons. The molecule has 5 atom stereocenters. The molecule has 6 rings (SSSR count). The molecule has 4 aromatic rings. The summed E-state index contributed by atoms with van der Waals surface area (Å²) in [6, 6.07) is 32.1. The average Bonchev–Trinajstić information content (AvgIpc) is 3.15. The van der Waals surface area contributed by atoms with E-state index in [2.05, 4.69) is 129 Å². The SMILES string of the molecule is CCC(C)[C@@H]1C=Cc2ccccc2C1[P@@]1(=O)c2c(ccc3ccccc23)[C@H](c2ccccc2)N1C. The van der Waals surface area contributed by atoms with E-state index in [1.807, 2.05) is 0 Å². The van der Waals surface area contributed by atoms with E-state index in [0.717, 1.165) is 22.5 Å². The van der Waals surface area contributed by atoms with Crippen LogP contribution in [0.15, 0.2) is 97.1 Å². The van der Waals surface area contributed by atoms with Gasteiger partial charge in [-0.25, -0.2) is 4.67 Å². The third-order valence-electron chi connectivity index (χ3n) is 8.36. The molecule has 2 nitrogen and oxygen atoms in total. The molecule has 1 heterocycles. The average molecular weight is 478 g/mol. The molecule has 35 heavy (non-hydrogen) atoms. The van der Waals surface area contributed by atoms with Gasteiger partial charge in [0.2, 0.25) is 0 Å². The summed E-state index contributed by atoms with van der Waals surface area (Å²) in [6.45, 7) is 4.57. The smallest absolute Gasteiger partial charge is 0.188 e. The highest BCUT2D eigenvalue weighted by Gasteiger charge is 2.54. The molecule has 4 aromatic carbocycles. The number of hydrogen-bond donors (Lipinski definition) is 0. The Hall–Kier alpha value is -2.93. The summed E-state index contributed by atoms with van der Waals surface area (Å²) in [5.41, 5.74) is 4.73. The van der Waals surface area contributed by atoms with Gasteiger partial charge in [-0.05, 0) is 51.9 Å². The molecule has 0 spiro atoms. The zero-order chi connectivity index (χ0) is 24.2. The van der Waals surface area contributed by atoms with Crippen molar-refractivity contribution in [3.63, 3.8) is 0 Å². The van der Waals surface area contributed by atoms with E-state index in [0.29, 0.717) is 5.92 Å². The summed E-state index contributed by atoms with van der Waals surface area (Å²) < 4.78 is 18.3. The Labute approximate surface area is 208 Å². The Balaban J connectivity index is 1.68. The molecule has 0 aromatic heterocycles. The van der Waals surface area contributed by atoms with Gasteiger partial charge >= 0.3 is 0 Å². The topological polar surface area (TPSA) is 20.3 Å². The van der Waals surface area contributed by atoms with Crippen LogP contribution in [0.4, 0.5) is 0 Å². The van der Waals surface area contributed by atoms with Gasteiger partial charge in [0.15, 0.2) is 7.29 Å². The predicted molar refractivity (Wildman–Crippen MR) is 148 cm³/mol. The molecule has 0 bridgehead atoms. The van der Waals surface area contributed by atoms with Crippen molar-refractivity contribution in [3.05, 3.63) is 119 Å². The lowest BCUT2D eigenvalue weighted by Gasteiger charge is -2.41. The molecule has 0 saturated carbocycles. The summed E-state index contributed by atoms with van der Waals surface area (Å²) in [5.74, 6) is 0.641. The first-order valence-corrected chi connectivity index (χ1v) is 14.5. The standard InChI is InChI=1S/C32H32NOP/c1-4-22(2)26-20-18-23-12-8-10-16-27(23)31(26)35(34)32-28-17-11-9-13-24(28)19-21-29(32)30(33(35)3)25-14-6-5-7-15-25/h5-22,26,30-31H,4H2,1-3H3/t22?,26-,30-,31?,35+/m0/s1. The van der Waals surface area contributed by atoms with Crippen LogP contribution in [0.5, 0.6) is 0 Å². The molecular formula is C32H32NOP. The Morgan fingerprint density at radius 1 is 0.857 bits per heavy atom. The van der Waals surface area contributed by atoms with E-state index in [4.69, 9.17) is 0 Å². The first-order chi connectivity index (χ1) is 17.1. The zero-order valence-electron chi connectivity index (χ0n) is 20.6. The number of fused-ring (bicyclic) bond motifs is 4. The molecule has 1 aliphatic carbocycles. The molecule has 2 unspecified atom stereocenters. The maximum Gasteiger partial charge on any atom is 0.188 e. The van der Waals surface area contributed by atoms with Crippen LogP contribution in [0.1, 0.15) is 54.2 Å². The van der Waals surface area contributed by atoms with Crippen molar-refractivity contribution in [2.24, 2.45) is 11.8 Å². The monoisotopic (exact) mass is 477 g/mol. The largest absolute Gasteiger partial charge is 0.301 e. The van der Waals surface area contributed by atoms with Crippen molar-refractivity contribution in [3.8, 4) is 0 Å². The first kappa shape index (κ1) is 22.5. The first-order valence-electron chi connectivity index (χ1n) is 12.7. The van der Waals surface area contributed by atoms with Crippen molar-refractivity contribution in [2.75, 3.05) is 7.05 Å². The fourth-order valence-electron chi connectivity index (χ4n) is 6.40. The van der Waals surface area contributed by atoms with E-state index < -0.39 is 7.29 Å². The van der Waals surface area contributed by atoms with Gasteiger partial charge in [0.05, 0.1) is 11.7 Å². The molecule has 0 saturated heterocycles. The van der Waals surface area contributed by atoms with Gasteiger partial charge in [-0.2, -0.15) is 0 Å². The minimum absolute atomic E-state index is 0.0303. The molecule has 2 aliphatic rings. The maximum absolute atomic E-state index is 16.0. The highest BCUT2D eigenvalue weighted by atomic mass is 31.2. The Kier molecular flexibility index (Phi) is 5.55. The van der Waals surface area contributed by atoms with Crippen LogP contribution in [-0.4, -0.2) is 11.7 Å².